The molecule has 0 fully saturated rings. The fraction of sp³-hybridized carbons (Fsp3) is 0.167. The van der Waals surface area contributed by atoms with E-state index in [9.17, 15) is 14.7 Å². The van der Waals surface area contributed by atoms with Crippen molar-refractivity contribution in [3.05, 3.63) is 47.2 Å². The van der Waals surface area contributed by atoms with E-state index in [0.29, 0.717) is 5.56 Å². The summed E-state index contributed by atoms with van der Waals surface area (Å²) in [7, 11) is 0. The molecule has 1 atom stereocenters. The summed E-state index contributed by atoms with van der Waals surface area (Å²) in [6.07, 6.45) is 0.677. The monoisotopic (exact) mass is 234 g/mol. The van der Waals surface area contributed by atoms with Gasteiger partial charge in [-0.2, -0.15) is 0 Å². The first-order valence-corrected chi connectivity index (χ1v) is 4.99. The summed E-state index contributed by atoms with van der Waals surface area (Å²) in [4.78, 5) is 21.7. The molecule has 1 unspecified atom stereocenters. The largest absolute Gasteiger partial charge is 0.512 e. The summed E-state index contributed by atoms with van der Waals surface area (Å²) in [5, 5.41) is 18.1. The SMILES string of the molecule is O=C1C=C(O)CC(c2ccc(C(=O)O)cc2)O1. The molecule has 0 aromatic heterocycles. The molecule has 17 heavy (non-hydrogen) atoms. The first kappa shape index (κ1) is 11.2. The minimum atomic E-state index is -1.01. The summed E-state index contributed by atoms with van der Waals surface area (Å²) < 4.78 is 5.02. The summed E-state index contributed by atoms with van der Waals surface area (Å²) in [5.41, 5.74) is 0.818. The van der Waals surface area contributed by atoms with Crippen molar-refractivity contribution < 1.29 is 24.5 Å². The second-order valence-electron chi connectivity index (χ2n) is 3.69. The van der Waals surface area contributed by atoms with Crippen LogP contribution in [0, 0.1) is 0 Å². The molecule has 5 nitrogen and oxygen atoms in total. The molecule has 2 N–H and O–H groups in total. The van der Waals surface area contributed by atoms with Gasteiger partial charge in [0.2, 0.25) is 0 Å². The fourth-order valence-electron chi connectivity index (χ4n) is 1.63. The van der Waals surface area contributed by atoms with E-state index in [1.54, 1.807) is 12.1 Å². The van der Waals surface area contributed by atoms with Crippen molar-refractivity contribution in [2.24, 2.45) is 0 Å². The number of aliphatic hydroxyl groups is 1. The second kappa shape index (κ2) is 4.29. The third-order valence-corrected chi connectivity index (χ3v) is 2.47. The lowest BCUT2D eigenvalue weighted by Gasteiger charge is -2.20. The number of esters is 1. The topological polar surface area (TPSA) is 83.8 Å². The molecule has 1 heterocycles. The fourth-order valence-corrected chi connectivity index (χ4v) is 1.63. The zero-order chi connectivity index (χ0) is 12.4. The van der Waals surface area contributed by atoms with E-state index in [1.165, 1.54) is 12.1 Å². The van der Waals surface area contributed by atoms with Gasteiger partial charge in [0, 0.05) is 6.42 Å². The van der Waals surface area contributed by atoms with Crippen molar-refractivity contribution in [3.8, 4) is 0 Å². The molecular formula is C12H10O5. The third-order valence-electron chi connectivity index (χ3n) is 2.47. The van der Waals surface area contributed by atoms with Gasteiger partial charge in [0.15, 0.2) is 0 Å². The Morgan fingerprint density at radius 2 is 1.94 bits per heavy atom. The molecule has 0 bridgehead atoms. The van der Waals surface area contributed by atoms with Crippen molar-refractivity contribution in [2.45, 2.75) is 12.5 Å². The van der Waals surface area contributed by atoms with E-state index < -0.39 is 18.0 Å². The average molecular weight is 234 g/mol. The predicted octanol–water partition coefficient (Wildman–Crippen LogP) is 1.81. The number of aliphatic hydroxyl groups excluding tert-OH is 1. The Morgan fingerprint density at radius 1 is 1.29 bits per heavy atom. The lowest BCUT2D eigenvalue weighted by Crippen LogP contribution is -2.16. The maximum atomic E-state index is 11.1. The van der Waals surface area contributed by atoms with Crippen molar-refractivity contribution in [1.29, 1.82) is 0 Å². The van der Waals surface area contributed by atoms with E-state index in [-0.39, 0.29) is 17.7 Å². The van der Waals surface area contributed by atoms with Crippen LogP contribution in [0.4, 0.5) is 0 Å². The Morgan fingerprint density at radius 3 is 2.47 bits per heavy atom. The number of carbonyl (C=O) groups excluding carboxylic acids is 1. The summed E-state index contributed by atoms with van der Waals surface area (Å²) in [5.74, 6) is -1.64. The number of aromatic carboxylic acids is 1. The molecule has 1 aliphatic heterocycles. The highest BCUT2D eigenvalue weighted by Crippen LogP contribution is 2.28. The van der Waals surface area contributed by atoms with Gasteiger partial charge in [-0.3, -0.25) is 0 Å². The maximum absolute atomic E-state index is 11.1. The number of hydrogen-bond donors (Lipinski definition) is 2. The van der Waals surface area contributed by atoms with Crippen molar-refractivity contribution in [3.63, 3.8) is 0 Å². The van der Waals surface area contributed by atoms with E-state index in [4.69, 9.17) is 9.84 Å². The smallest absolute Gasteiger partial charge is 0.335 e. The van der Waals surface area contributed by atoms with E-state index >= 15 is 0 Å². The van der Waals surface area contributed by atoms with Crippen LogP contribution >= 0.6 is 0 Å². The highest BCUT2D eigenvalue weighted by Gasteiger charge is 2.23. The quantitative estimate of drug-likeness (QED) is 0.762. The molecule has 1 aromatic carbocycles. The molecule has 5 heteroatoms. The van der Waals surface area contributed by atoms with Gasteiger partial charge in [0.05, 0.1) is 11.6 Å². The number of carboxylic acid groups (broad SMARTS) is 1. The molecule has 1 aliphatic rings. The summed E-state index contributed by atoms with van der Waals surface area (Å²) >= 11 is 0. The highest BCUT2D eigenvalue weighted by atomic mass is 16.5. The molecule has 0 saturated carbocycles. The normalized spacial score (nSPS) is 19.4. The molecule has 0 spiro atoms. The van der Waals surface area contributed by atoms with Crippen molar-refractivity contribution in [2.75, 3.05) is 0 Å². The minimum absolute atomic E-state index is 0.0337. The Balaban J connectivity index is 2.21. The molecule has 88 valence electrons. The number of cyclic esters (lactones) is 1. The lowest BCUT2D eigenvalue weighted by molar-refractivity contribution is -0.145. The number of ether oxygens (including phenoxy) is 1. The average Bonchev–Trinajstić information content (AvgIpc) is 2.28. The zero-order valence-corrected chi connectivity index (χ0v) is 8.79. The van der Waals surface area contributed by atoms with Crippen LogP contribution in [-0.4, -0.2) is 22.2 Å². The Labute approximate surface area is 97.0 Å². The predicted molar refractivity (Wildman–Crippen MR) is 57.6 cm³/mol. The Kier molecular flexibility index (Phi) is 2.82. The molecular weight excluding hydrogens is 224 g/mol. The van der Waals surface area contributed by atoms with E-state index in [1.807, 2.05) is 0 Å². The minimum Gasteiger partial charge on any atom is -0.512 e. The number of hydrogen-bond acceptors (Lipinski definition) is 4. The maximum Gasteiger partial charge on any atom is 0.335 e. The number of benzene rings is 1. The van der Waals surface area contributed by atoms with Crippen LogP contribution in [0.2, 0.25) is 0 Å². The van der Waals surface area contributed by atoms with Crippen molar-refractivity contribution in [1.82, 2.24) is 0 Å². The van der Waals surface area contributed by atoms with Gasteiger partial charge in [-0.15, -0.1) is 0 Å². The van der Waals surface area contributed by atoms with Crippen LogP contribution in [0.15, 0.2) is 36.1 Å². The van der Waals surface area contributed by atoms with E-state index in [0.717, 1.165) is 6.08 Å². The van der Waals surface area contributed by atoms with E-state index in [2.05, 4.69) is 0 Å². The lowest BCUT2D eigenvalue weighted by atomic mass is 10.0. The zero-order valence-electron chi connectivity index (χ0n) is 8.79. The molecule has 0 radical (unpaired) electrons. The van der Waals surface area contributed by atoms with Crippen LogP contribution in [0.1, 0.15) is 28.4 Å². The van der Waals surface area contributed by atoms with Gasteiger partial charge in [-0.1, -0.05) is 12.1 Å². The van der Waals surface area contributed by atoms with Gasteiger partial charge >= 0.3 is 11.9 Å². The highest BCUT2D eigenvalue weighted by molar-refractivity contribution is 5.87. The van der Waals surface area contributed by atoms with Crippen LogP contribution in [0.25, 0.3) is 0 Å². The van der Waals surface area contributed by atoms with Crippen LogP contribution in [0.3, 0.4) is 0 Å². The Bertz CT molecular complexity index is 486. The first-order chi connectivity index (χ1) is 8.06. The number of carbonyl (C=O) groups is 2. The van der Waals surface area contributed by atoms with Gasteiger partial charge in [-0.25, -0.2) is 9.59 Å². The van der Waals surface area contributed by atoms with Crippen molar-refractivity contribution >= 4 is 11.9 Å². The van der Waals surface area contributed by atoms with Gasteiger partial charge in [-0.05, 0) is 17.7 Å². The van der Waals surface area contributed by atoms with Gasteiger partial charge in [0.25, 0.3) is 0 Å². The van der Waals surface area contributed by atoms with Gasteiger partial charge < -0.3 is 14.9 Å². The second-order valence-corrected chi connectivity index (χ2v) is 3.69. The number of carboxylic acids is 1. The number of rotatable bonds is 2. The molecule has 0 amide bonds. The molecule has 0 aliphatic carbocycles. The molecule has 0 saturated heterocycles. The van der Waals surface area contributed by atoms with Crippen LogP contribution in [0.5, 0.6) is 0 Å². The van der Waals surface area contributed by atoms with Crippen LogP contribution < -0.4 is 0 Å². The first-order valence-electron chi connectivity index (χ1n) is 4.99. The summed E-state index contributed by atoms with van der Waals surface area (Å²) in [6.45, 7) is 0. The van der Waals surface area contributed by atoms with Crippen LogP contribution in [-0.2, 0) is 9.53 Å². The molecule has 2 rings (SSSR count). The van der Waals surface area contributed by atoms with Gasteiger partial charge in [0.1, 0.15) is 11.9 Å². The standard InChI is InChI=1S/C12H10O5/c13-9-5-10(17-11(14)6-9)7-1-3-8(4-2-7)12(15)16/h1-4,6,10,13H,5H2,(H,15,16). The third kappa shape index (κ3) is 2.44. The molecule has 1 aromatic rings. The summed E-state index contributed by atoms with van der Waals surface area (Å²) in [6, 6.07) is 6.00. The Hall–Kier alpha value is -2.30.